The first-order valence-electron chi connectivity index (χ1n) is 8.92. The molecule has 132 valence electrons. The monoisotopic (exact) mass is 359 g/mol. The summed E-state index contributed by atoms with van der Waals surface area (Å²) in [7, 11) is 0. The summed E-state index contributed by atoms with van der Waals surface area (Å²) in [6, 6.07) is 10.9. The molecule has 0 radical (unpaired) electrons. The molecule has 0 aliphatic heterocycles. The van der Waals surface area contributed by atoms with Crippen molar-refractivity contribution in [3.05, 3.63) is 69.5 Å². The van der Waals surface area contributed by atoms with Crippen LogP contribution in [0, 0.1) is 5.82 Å². The molecular formula is C21H23ClFNO. The molecule has 0 saturated carbocycles. The Labute approximate surface area is 153 Å². The Bertz CT molecular complexity index is 774. The van der Waals surface area contributed by atoms with E-state index in [0.29, 0.717) is 10.6 Å². The predicted molar refractivity (Wildman–Crippen MR) is 99.4 cm³/mol. The molecule has 25 heavy (non-hydrogen) atoms. The van der Waals surface area contributed by atoms with Crippen LogP contribution in [0.25, 0.3) is 0 Å². The number of hydrogen-bond acceptors (Lipinski definition) is 1. The van der Waals surface area contributed by atoms with E-state index in [9.17, 15) is 9.18 Å². The fraction of sp³-hybridized carbons (Fsp3) is 0.381. The van der Waals surface area contributed by atoms with Crippen LogP contribution in [0.15, 0.2) is 36.4 Å². The third kappa shape index (κ3) is 4.40. The van der Waals surface area contributed by atoms with Crippen LogP contribution in [0.1, 0.15) is 54.5 Å². The predicted octanol–water partition coefficient (Wildman–Crippen LogP) is 5.17. The van der Waals surface area contributed by atoms with Crippen molar-refractivity contribution in [1.82, 2.24) is 5.32 Å². The average molecular weight is 360 g/mol. The zero-order valence-corrected chi connectivity index (χ0v) is 15.2. The normalized spacial score (nSPS) is 14.7. The molecule has 1 N–H and O–H groups in total. The first kappa shape index (κ1) is 17.9. The van der Waals surface area contributed by atoms with Gasteiger partial charge < -0.3 is 5.32 Å². The smallest absolute Gasteiger partial charge is 0.225 e. The molecule has 1 aliphatic carbocycles. The van der Waals surface area contributed by atoms with Crippen LogP contribution in [0.2, 0.25) is 5.02 Å². The maximum atomic E-state index is 13.9. The van der Waals surface area contributed by atoms with Gasteiger partial charge in [-0.2, -0.15) is 0 Å². The number of amides is 1. The van der Waals surface area contributed by atoms with Gasteiger partial charge in [0.05, 0.1) is 12.5 Å². The van der Waals surface area contributed by atoms with Gasteiger partial charge in [-0.25, -0.2) is 4.39 Å². The molecule has 0 aromatic heterocycles. The zero-order valence-electron chi connectivity index (χ0n) is 14.4. The Morgan fingerprint density at radius 3 is 2.64 bits per heavy atom. The van der Waals surface area contributed by atoms with Gasteiger partial charge in [0.25, 0.3) is 0 Å². The highest BCUT2D eigenvalue weighted by Gasteiger charge is 2.17. The Hall–Kier alpha value is -1.87. The molecule has 2 nitrogen and oxygen atoms in total. The molecule has 2 aromatic rings. The minimum atomic E-state index is -0.440. The first-order valence-corrected chi connectivity index (χ1v) is 9.29. The van der Waals surface area contributed by atoms with Crippen molar-refractivity contribution < 1.29 is 9.18 Å². The lowest BCUT2D eigenvalue weighted by Crippen LogP contribution is -2.30. The molecule has 0 spiro atoms. The van der Waals surface area contributed by atoms with Crippen LogP contribution in [0.3, 0.4) is 0 Å². The summed E-state index contributed by atoms with van der Waals surface area (Å²) in [5.74, 6) is -0.615. The van der Waals surface area contributed by atoms with Gasteiger partial charge in [-0.1, -0.05) is 42.8 Å². The quantitative estimate of drug-likeness (QED) is 0.784. The Balaban J connectivity index is 1.70. The van der Waals surface area contributed by atoms with Crippen LogP contribution in [-0.2, 0) is 24.1 Å². The largest absolute Gasteiger partial charge is 0.349 e. The number of aryl methyl sites for hydroxylation is 2. The van der Waals surface area contributed by atoms with Crippen molar-refractivity contribution in [3.63, 3.8) is 0 Å². The van der Waals surface area contributed by atoms with E-state index in [2.05, 4.69) is 23.5 Å². The second-order valence-electron chi connectivity index (χ2n) is 6.68. The highest BCUT2D eigenvalue weighted by molar-refractivity contribution is 6.30. The molecule has 0 fully saturated rings. The summed E-state index contributed by atoms with van der Waals surface area (Å²) in [5, 5.41) is 3.38. The number of halogens is 2. The van der Waals surface area contributed by atoms with Gasteiger partial charge in [0.15, 0.2) is 0 Å². The van der Waals surface area contributed by atoms with Crippen molar-refractivity contribution >= 4 is 17.5 Å². The Morgan fingerprint density at radius 2 is 1.92 bits per heavy atom. The van der Waals surface area contributed by atoms with Crippen LogP contribution in [0.5, 0.6) is 0 Å². The van der Waals surface area contributed by atoms with E-state index in [1.165, 1.54) is 30.0 Å². The van der Waals surface area contributed by atoms with Crippen molar-refractivity contribution in [1.29, 1.82) is 0 Å². The fourth-order valence-electron chi connectivity index (χ4n) is 3.47. The molecular weight excluding hydrogens is 337 g/mol. The minimum Gasteiger partial charge on any atom is -0.349 e. The van der Waals surface area contributed by atoms with E-state index in [1.807, 2.05) is 6.92 Å². The second kappa shape index (κ2) is 8.01. The molecule has 1 aliphatic rings. The molecule has 0 unspecified atom stereocenters. The Kier molecular flexibility index (Phi) is 5.74. The van der Waals surface area contributed by atoms with Gasteiger partial charge in [-0.05, 0) is 66.5 Å². The lowest BCUT2D eigenvalue weighted by molar-refractivity contribution is -0.121. The summed E-state index contributed by atoms with van der Waals surface area (Å²) < 4.78 is 13.9. The van der Waals surface area contributed by atoms with Crippen LogP contribution < -0.4 is 5.32 Å². The highest BCUT2D eigenvalue weighted by atomic mass is 35.5. The molecule has 3 rings (SSSR count). The maximum absolute atomic E-state index is 13.9. The van der Waals surface area contributed by atoms with Crippen LogP contribution >= 0.6 is 11.6 Å². The first-order chi connectivity index (χ1) is 12.1. The van der Waals surface area contributed by atoms with Gasteiger partial charge in [0, 0.05) is 5.02 Å². The van der Waals surface area contributed by atoms with E-state index in [4.69, 9.17) is 11.6 Å². The topological polar surface area (TPSA) is 29.1 Å². The van der Waals surface area contributed by atoms with Crippen molar-refractivity contribution in [2.45, 2.75) is 51.5 Å². The van der Waals surface area contributed by atoms with Crippen LogP contribution in [-0.4, -0.2) is 5.91 Å². The number of fused-ring (bicyclic) bond motifs is 1. The van der Waals surface area contributed by atoms with Gasteiger partial charge in [-0.15, -0.1) is 0 Å². The molecule has 4 heteroatoms. The molecule has 0 saturated heterocycles. The fourth-order valence-corrected chi connectivity index (χ4v) is 3.63. The molecule has 1 amide bonds. The Morgan fingerprint density at radius 1 is 1.16 bits per heavy atom. The summed E-state index contributed by atoms with van der Waals surface area (Å²) in [4.78, 5) is 12.4. The SMILES string of the molecule is CC[C@H](NC(=O)Cc1ccc(Cl)cc1F)c1ccc2c(c1)CCCC2. The number of carbonyl (C=O) groups is 1. The molecule has 0 heterocycles. The average Bonchev–Trinajstić information content (AvgIpc) is 2.61. The van der Waals surface area contributed by atoms with Crippen molar-refractivity contribution in [3.8, 4) is 0 Å². The van der Waals surface area contributed by atoms with E-state index in [1.54, 1.807) is 12.1 Å². The molecule has 1 atom stereocenters. The lowest BCUT2D eigenvalue weighted by atomic mass is 9.88. The third-order valence-corrected chi connectivity index (χ3v) is 5.12. The van der Waals surface area contributed by atoms with Gasteiger partial charge in [0.2, 0.25) is 5.91 Å². The summed E-state index contributed by atoms with van der Waals surface area (Å²) in [5.41, 5.74) is 4.33. The number of nitrogens with one attached hydrogen (secondary N) is 1. The summed E-state index contributed by atoms with van der Waals surface area (Å²) in [6.45, 7) is 2.05. The lowest BCUT2D eigenvalue weighted by Gasteiger charge is -2.22. The van der Waals surface area contributed by atoms with Gasteiger partial charge >= 0.3 is 0 Å². The van der Waals surface area contributed by atoms with E-state index in [0.717, 1.165) is 24.8 Å². The number of rotatable bonds is 5. The summed E-state index contributed by atoms with van der Waals surface area (Å²) >= 11 is 5.76. The number of carbonyl (C=O) groups excluding carboxylic acids is 1. The van der Waals surface area contributed by atoms with Crippen molar-refractivity contribution in [2.75, 3.05) is 0 Å². The van der Waals surface area contributed by atoms with Gasteiger partial charge in [-0.3, -0.25) is 4.79 Å². The van der Waals surface area contributed by atoms with E-state index >= 15 is 0 Å². The van der Waals surface area contributed by atoms with E-state index < -0.39 is 5.82 Å². The molecule has 0 bridgehead atoms. The second-order valence-corrected chi connectivity index (χ2v) is 7.11. The maximum Gasteiger partial charge on any atom is 0.225 e. The number of hydrogen-bond donors (Lipinski definition) is 1. The zero-order chi connectivity index (χ0) is 17.8. The summed E-state index contributed by atoms with van der Waals surface area (Å²) in [6.07, 6.45) is 5.57. The van der Waals surface area contributed by atoms with Crippen LogP contribution in [0.4, 0.5) is 4.39 Å². The standard InChI is InChI=1S/C21H23ClFNO/c1-2-20(17-8-7-14-5-3-4-6-15(14)11-17)24-21(25)12-16-9-10-18(22)13-19(16)23/h7-11,13,20H,2-6,12H2,1H3,(H,24,25)/t20-/m0/s1. The van der Waals surface area contributed by atoms with Crippen molar-refractivity contribution in [2.24, 2.45) is 0 Å². The molecule has 2 aromatic carbocycles. The van der Waals surface area contributed by atoms with E-state index in [-0.39, 0.29) is 18.4 Å². The van der Waals surface area contributed by atoms with Gasteiger partial charge in [0.1, 0.15) is 5.82 Å². The number of benzene rings is 2. The third-order valence-electron chi connectivity index (χ3n) is 4.88. The highest BCUT2D eigenvalue weighted by Crippen LogP contribution is 2.26. The minimum absolute atomic E-state index is 0.0183.